The number of imide groups is 1. The minimum atomic E-state index is -0.367. The molecule has 0 spiro atoms. The van der Waals surface area contributed by atoms with Crippen molar-refractivity contribution in [2.24, 2.45) is 5.73 Å². The molecule has 0 atom stereocenters. The summed E-state index contributed by atoms with van der Waals surface area (Å²) in [6.45, 7) is 0.413. The highest BCUT2D eigenvalue weighted by atomic mass is 16.2. The van der Waals surface area contributed by atoms with Crippen molar-refractivity contribution in [3.8, 4) is 0 Å². The van der Waals surface area contributed by atoms with E-state index >= 15 is 0 Å². The molecule has 0 fully saturated rings. The van der Waals surface area contributed by atoms with Crippen LogP contribution in [-0.4, -0.2) is 11.8 Å². The first kappa shape index (κ1) is 9.61. The summed E-state index contributed by atoms with van der Waals surface area (Å²) < 4.78 is 0. The van der Waals surface area contributed by atoms with E-state index in [1.165, 1.54) is 6.08 Å². The molecule has 2 rings (SSSR count). The van der Waals surface area contributed by atoms with E-state index in [1.807, 2.05) is 18.2 Å². The SMILES string of the molecule is NCc1cccc(C2=CC(=O)NC2=O)c1. The fraction of sp³-hybridized carbons (Fsp3) is 0.0909. The number of nitrogens with one attached hydrogen (secondary N) is 1. The third kappa shape index (κ3) is 1.80. The van der Waals surface area contributed by atoms with Crippen molar-refractivity contribution >= 4 is 17.4 Å². The van der Waals surface area contributed by atoms with Crippen molar-refractivity contribution in [2.75, 3.05) is 0 Å². The van der Waals surface area contributed by atoms with Crippen LogP contribution in [0.2, 0.25) is 0 Å². The Balaban J connectivity index is 2.41. The number of amides is 2. The summed E-state index contributed by atoms with van der Waals surface area (Å²) >= 11 is 0. The van der Waals surface area contributed by atoms with E-state index in [0.29, 0.717) is 12.1 Å². The first-order chi connectivity index (χ1) is 7.20. The predicted octanol–water partition coefficient (Wildman–Crippen LogP) is 0.185. The van der Waals surface area contributed by atoms with Gasteiger partial charge < -0.3 is 5.73 Å². The van der Waals surface area contributed by atoms with Gasteiger partial charge in [0.05, 0.1) is 5.57 Å². The van der Waals surface area contributed by atoms with Gasteiger partial charge in [-0.2, -0.15) is 0 Å². The zero-order valence-electron chi connectivity index (χ0n) is 7.99. The number of benzene rings is 1. The molecule has 3 N–H and O–H groups in total. The average Bonchev–Trinajstić information content (AvgIpc) is 2.58. The summed E-state index contributed by atoms with van der Waals surface area (Å²) in [6, 6.07) is 7.28. The number of carbonyl (C=O) groups excluding carboxylic acids is 2. The first-order valence-electron chi connectivity index (χ1n) is 4.57. The van der Waals surface area contributed by atoms with Gasteiger partial charge in [-0.25, -0.2) is 0 Å². The summed E-state index contributed by atoms with van der Waals surface area (Å²) in [7, 11) is 0. The molecule has 1 aliphatic rings. The molecular formula is C11H10N2O2. The van der Waals surface area contributed by atoms with Gasteiger partial charge in [0.1, 0.15) is 0 Å². The Hall–Kier alpha value is -1.94. The standard InChI is InChI=1S/C11H10N2O2/c12-6-7-2-1-3-8(4-7)9-5-10(14)13-11(9)15/h1-5H,6,12H2,(H,13,14,15). The topological polar surface area (TPSA) is 72.2 Å². The Kier molecular flexibility index (Phi) is 2.35. The molecule has 0 saturated carbocycles. The molecule has 1 aromatic rings. The molecule has 1 aromatic carbocycles. The van der Waals surface area contributed by atoms with E-state index in [9.17, 15) is 9.59 Å². The van der Waals surface area contributed by atoms with Crippen LogP contribution >= 0.6 is 0 Å². The number of hydrogen-bond donors (Lipinski definition) is 2. The monoisotopic (exact) mass is 202 g/mol. The lowest BCUT2D eigenvalue weighted by Crippen LogP contribution is -2.21. The van der Waals surface area contributed by atoms with Crippen molar-refractivity contribution in [3.63, 3.8) is 0 Å². The van der Waals surface area contributed by atoms with E-state index in [-0.39, 0.29) is 11.8 Å². The van der Waals surface area contributed by atoms with Gasteiger partial charge in [-0.1, -0.05) is 18.2 Å². The highest BCUT2D eigenvalue weighted by molar-refractivity contribution is 6.33. The molecule has 15 heavy (non-hydrogen) atoms. The lowest BCUT2D eigenvalue weighted by Gasteiger charge is -2.02. The minimum Gasteiger partial charge on any atom is -0.326 e. The Morgan fingerprint density at radius 2 is 2.07 bits per heavy atom. The Bertz CT molecular complexity index is 463. The number of carbonyl (C=O) groups is 2. The van der Waals surface area contributed by atoms with Crippen LogP contribution < -0.4 is 11.1 Å². The lowest BCUT2D eigenvalue weighted by molar-refractivity contribution is -0.123. The fourth-order valence-corrected chi connectivity index (χ4v) is 1.49. The smallest absolute Gasteiger partial charge is 0.258 e. The highest BCUT2D eigenvalue weighted by Crippen LogP contribution is 2.18. The maximum atomic E-state index is 11.4. The largest absolute Gasteiger partial charge is 0.326 e. The van der Waals surface area contributed by atoms with Crippen molar-refractivity contribution in [1.82, 2.24) is 5.32 Å². The molecule has 76 valence electrons. The van der Waals surface area contributed by atoms with E-state index in [2.05, 4.69) is 5.32 Å². The van der Waals surface area contributed by atoms with E-state index in [0.717, 1.165) is 11.1 Å². The molecule has 4 heteroatoms. The molecule has 1 heterocycles. The van der Waals surface area contributed by atoms with Gasteiger partial charge in [0.2, 0.25) is 0 Å². The number of rotatable bonds is 2. The summed E-state index contributed by atoms with van der Waals surface area (Å²) in [5.74, 6) is -0.720. The summed E-state index contributed by atoms with van der Waals surface area (Å²) in [5, 5.41) is 2.20. The van der Waals surface area contributed by atoms with Gasteiger partial charge in [-0.05, 0) is 17.2 Å². The average molecular weight is 202 g/mol. The third-order valence-corrected chi connectivity index (χ3v) is 2.23. The van der Waals surface area contributed by atoms with Crippen LogP contribution in [0.15, 0.2) is 30.3 Å². The van der Waals surface area contributed by atoms with Gasteiger partial charge in [0, 0.05) is 12.6 Å². The molecule has 2 amide bonds. The third-order valence-electron chi connectivity index (χ3n) is 2.23. The normalized spacial score (nSPS) is 15.1. The van der Waals surface area contributed by atoms with Gasteiger partial charge in [-0.3, -0.25) is 14.9 Å². The maximum absolute atomic E-state index is 11.4. The molecule has 0 saturated heterocycles. The van der Waals surface area contributed by atoms with E-state index < -0.39 is 0 Å². The van der Waals surface area contributed by atoms with Gasteiger partial charge in [0.15, 0.2) is 0 Å². The Morgan fingerprint density at radius 1 is 1.27 bits per heavy atom. The molecule has 0 bridgehead atoms. The van der Waals surface area contributed by atoms with Crippen molar-refractivity contribution in [3.05, 3.63) is 41.5 Å². The van der Waals surface area contributed by atoms with Crippen LogP contribution in [0.5, 0.6) is 0 Å². The molecule has 0 aliphatic carbocycles. The van der Waals surface area contributed by atoms with E-state index in [1.54, 1.807) is 6.07 Å². The minimum absolute atomic E-state index is 0.353. The second kappa shape index (κ2) is 3.67. The van der Waals surface area contributed by atoms with Crippen molar-refractivity contribution in [2.45, 2.75) is 6.54 Å². The van der Waals surface area contributed by atoms with Gasteiger partial charge in [-0.15, -0.1) is 0 Å². The maximum Gasteiger partial charge on any atom is 0.258 e. The van der Waals surface area contributed by atoms with Crippen LogP contribution in [0.3, 0.4) is 0 Å². The molecule has 0 unspecified atom stereocenters. The zero-order valence-corrected chi connectivity index (χ0v) is 7.99. The quantitative estimate of drug-likeness (QED) is 0.672. The van der Waals surface area contributed by atoms with Crippen LogP contribution in [0.25, 0.3) is 5.57 Å². The highest BCUT2D eigenvalue weighted by Gasteiger charge is 2.21. The van der Waals surface area contributed by atoms with Crippen LogP contribution in [-0.2, 0) is 16.1 Å². The van der Waals surface area contributed by atoms with E-state index in [4.69, 9.17) is 5.73 Å². The molecule has 4 nitrogen and oxygen atoms in total. The molecular weight excluding hydrogens is 192 g/mol. The lowest BCUT2D eigenvalue weighted by atomic mass is 10.0. The van der Waals surface area contributed by atoms with Gasteiger partial charge in [0.25, 0.3) is 11.8 Å². The predicted molar refractivity (Wildman–Crippen MR) is 55.5 cm³/mol. The second-order valence-electron chi connectivity index (χ2n) is 3.28. The second-order valence-corrected chi connectivity index (χ2v) is 3.28. The molecule has 1 aliphatic heterocycles. The molecule has 0 radical (unpaired) electrons. The number of nitrogens with two attached hydrogens (primary N) is 1. The fourth-order valence-electron chi connectivity index (χ4n) is 1.49. The van der Waals surface area contributed by atoms with Crippen molar-refractivity contribution in [1.29, 1.82) is 0 Å². The number of hydrogen-bond acceptors (Lipinski definition) is 3. The summed E-state index contributed by atoms with van der Waals surface area (Å²) in [6.07, 6.45) is 1.30. The Labute approximate surface area is 86.8 Å². The molecule has 0 aromatic heterocycles. The van der Waals surface area contributed by atoms with Gasteiger partial charge >= 0.3 is 0 Å². The summed E-state index contributed by atoms with van der Waals surface area (Å²) in [4.78, 5) is 22.3. The van der Waals surface area contributed by atoms with Crippen LogP contribution in [0.1, 0.15) is 11.1 Å². The van der Waals surface area contributed by atoms with Crippen LogP contribution in [0, 0.1) is 0 Å². The van der Waals surface area contributed by atoms with Crippen LogP contribution in [0.4, 0.5) is 0 Å². The summed E-state index contributed by atoms with van der Waals surface area (Å²) in [5.41, 5.74) is 7.55. The van der Waals surface area contributed by atoms with Crippen molar-refractivity contribution < 1.29 is 9.59 Å². The first-order valence-corrected chi connectivity index (χ1v) is 4.57. The zero-order chi connectivity index (χ0) is 10.8. The Morgan fingerprint density at radius 3 is 2.67 bits per heavy atom.